The van der Waals surface area contributed by atoms with Gasteiger partial charge in [-0.15, -0.1) is 6.58 Å². The van der Waals surface area contributed by atoms with Crippen molar-refractivity contribution in [1.29, 1.82) is 0 Å². The van der Waals surface area contributed by atoms with Crippen LogP contribution in [0.5, 0.6) is 0 Å². The zero-order chi connectivity index (χ0) is 18.4. The highest BCUT2D eigenvalue weighted by Gasteiger charge is 2.49. The molecule has 1 aromatic carbocycles. The topological polar surface area (TPSA) is 106 Å². The zero-order valence-corrected chi connectivity index (χ0v) is 14.4. The van der Waals surface area contributed by atoms with E-state index in [-0.39, 0.29) is 6.61 Å². The molecule has 2 aliphatic heterocycles. The molecule has 2 fully saturated rings. The van der Waals surface area contributed by atoms with Crippen LogP contribution in [0.15, 0.2) is 48.1 Å². The molecule has 1 aromatic rings. The second kappa shape index (κ2) is 9.14. The van der Waals surface area contributed by atoms with E-state index in [4.69, 9.17) is 24.5 Å². The number of nitrogens with zero attached hydrogens (tertiary/aromatic N) is 3. The van der Waals surface area contributed by atoms with Crippen LogP contribution in [0.4, 0.5) is 0 Å². The molecule has 2 saturated heterocycles. The third-order valence-corrected chi connectivity index (χ3v) is 4.42. The number of aliphatic hydroxyl groups is 1. The molecule has 1 N–H and O–H groups in total. The predicted molar refractivity (Wildman–Crippen MR) is 93.0 cm³/mol. The van der Waals surface area contributed by atoms with Crippen LogP contribution < -0.4 is 0 Å². The van der Waals surface area contributed by atoms with Gasteiger partial charge in [-0.05, 0) is 18.4 Å². The van der Waals surface area contributed by atoms with Gasteiger partial charge < -0.3 is 24.1 Å². The lowest BCUT2D eigenvalue weighted by Gasteiger charge is -2.46. The molecule has 2 heterocycles. The number of hydrogen-bond acceptors (Lipinski definition) is 6. The van der Waals surface area contributed by atoms with E-state index in [2.05, 4.69) is 16.6 Å². The van der Waals surface area contributed by atoms with Crippen molar-refractivity contribution in [2.45, 2.75) is 49.8 Å². The summed E-state index contributed by atoms with van der Waals surface area (Å²) in [6.45, 7) is 4.32. The molecule has 0 bridgehead atoms. The van der Waals surface area contributed by atoms with Crippen molar-refractivity contribution in [3.63, 3.8) is 0 Å². The van der Waals surface area contributed by atoms with Gasteiger partial charge >= 0.3 is 0 Å². The van der Waals surface area contributed by atoms with Gasteiger partial charge in [0.05, 0.1) is 19.3 Å². The fourth-order valence-corrected chi connectivity index (χ4v) is 3.10. The van der Waals surface area contributed by atoms with Crippen LogP contribution in [-0.4, -0.2) is 49.0 Å². The number of ether oxygens (including phenoxy) is 4. The van der Waals surface area contributed by atoms with Crippen molar-refractivity contribution >= 4 is 0 Å². The number of aliphatic hydroxyl groups excluding tert-OH is 1. The van der Waals surface area contributed by atoms with Gasteiger partial charge in [0.25, 0.3) is 0 Å². The smallest absolute Gasteiger partial charge is 0.184 e. The highest BCUT2D eigenvalue weighted by atomic mass is 16.7. The first-order valence-electron chi connectivity index (χ1n) is 8.67. The Bertz CT molecular complexity index is 637. The van der Waals surface area contributed by atoms with Crippen molar-refractivity contribution in [3.05, 3.63) is 59.0 Å². The van der Waals surface area contributed by atoms with Crippen LogP contribution in [0.1, 0.15) is 24.7 Å². The minimum absolute atomic E-state index is 0.247. The summed E-state index contributed by atoms with van der Waals surface area (Å²) in [5.74, 6) is 0. The van der Waals surface area contributed by atoms with E-state index in [1.807, 2.05) is 30.3 Å². The summed E-state index contributed by atoms with van der Waals surface area (Å²) < 4.78 is 23.2. The molecule has 140 valence electrons. The van der Waals surface area contributed by atoms with Crippen molar-refractivity contribution in [3.8, 4) is 0 Å². The van der Waals surface area contributed by atoms with E-state index in [1.165, 1.54) is 0 Å². The molecule has 1 unspecified atom stereocenters. The second-order valence-electron chi connectivity index (χ2n) is 6.21. The van der Waals surface area contributed by atoms with Crippen molar-refractivity contribution in [2.24, 2.45) is 5.11 Å². The lowest BCUT2D eigenvalue weighted by atomic mass is 9.96. The van der Waals surface area contributed by atoms with Crippen molar-refractivity contribution in [2.75, 3.05) is 13.2 Å². The maximum Gasteiger partial charge on any atom is 0.184 e. The quantitative estimate of drug-likeness (QED) is 0.264. The van der Waals surface area contributed by atoms with E-state index >= 15 is 0 Å². The van der Waals surface area contributed by atoms with Crippen LogP contribution in [0, 0.1) is 0 Å². The summed E-state index contributed by atoms with van der Waals surface area (Å²) in [6, 6.07) is 8.56. The number of benzene rings is 1. The van der Waals surface area contributed by atoms with Gasteiger partial charge in [-0.2, -0.15) is 0 Å². The van der Waals surface area contributed by atoms with Crippen molar-refractivity contribution in [1.82, 2.24) is 0 Å². The van der Waals surface area contributed by atoms with Crippen LogP contribution in [0.25, 0.3) is 10.4 Å². The average Bonchev–Trinajstić information content (AvgIpc) is 2.68. The molecule has 0 spiro atoms. The Morgan fingerprint density at radius 1 is 1.35 bits per heavy atom. The third-order valence-electron chi connectivity index (χ3n) is 4.42. The molecule has 3 rings (SSSR count). The van der Waals surface area contributed by atoms with Crippen LogP contribution in [0.2, 0.25) is 0 Å². The molecule has 0 saturated carbocycles. The minimum atomic E-state index is -1.05. The Balaban J connectivity index is 1.68. The lowest BCUT2D eigenvalue weighted by Crippen LogP contribution is -2.61. The Morgan fingerprint density at radius 3 is 2.88 bits per heavy atom. The van der Waals surface area contributed by atoms with Gasteiger partial charge in [-0.3, -0.25) is 0 Å². The molecule has 0 radical (unpaired) electrons. The summed E-state index contributed by atoms with van der Waals surface area (Å²) in [6.07, 6.45) is -0.299. The fourth-order valence-electron chi connectivity index (χ4n) is 3.10. The third kappa shape index (κ3) is 4.24. The lowest BCUT2D eigenvalue weighted by molar-refractivity contribution is -0.341. The van der Waals surface area contributed by atoms with Crippen LogP contribution in [0.3, 0.4) is 0 Å². The van der Waals surface area contributed by atoms with Gasteiger partial charge in [-0.1, -0.05) is 41.5 Å². The second-order valence-corrected chi connectivity index (χ2v) is 6.21. The van der Waals surface area contributed by atoms with Gasteiger partial charge in [0, 0.05) is 10.5 Å². The monoisotopic (exact) mass is 361 g/mol. The van der Waals surface area contributed by atoms with Gasteiger partial charge in [-0.25, -0.2) is 0 Å². The first-order valence-corrected chi connectivity index (χ1v) is 8.67. The van der Waals surface area contributed by atoms with Crippen LogP contribution in [-0.2, 0) is 18.9 Å². The molecule has 26 heavy (non-hydrogen) atoms. The maximum atomic E-state index is 10.7. The number of allylic oxidation sites excluding steroid dienone is 1. The van der Waals surface area contributed by atoms with Gasteiger partial charge in [0.2, 0.25) is 0 Å². The molecule has 6 atom stereocenters. The predicted octanol–water partition coefficient (Wildman–Crippen LogP) is 2.85. The van der Waals surface area contributed by atoms with E-state index in [0.29, 0.717) is 6.61 Å². The summed E-state index contributed by atoms with van der Waals surface area (Å²) in [5.41, 5.74) is 9.70. The molecule has 2 aliphatic rings. The molecular weight excluding hydrogens is 338 g/mol. The Kier molecular flexibility index (Phi) is 6.62. The summed E-state index contributed by atoms with van der Waals surface area (Å²) in [5, 5.41) is 14.4. The number of azide groups is 1. The first-order chi connectivity index (χ1) is 12.7. The van der Waals surface area contributed by atoms with E-state index in [0.717, 1.165) is 18.4 Å². The summed E-state index contributed by atoms with van der Waals surface area (Å²) in [4.78, 5) is 2.82. The molecule has 0 aliphatic carbocycles. The van der Waals surface area contributed by atoms with Gasteiger partial charge in [0.1, 0.15) is 18.2 Å². The molecule has 8 heteroatoms. The van der Waals surface area contributed by atoms with Crippen LogP contribution >= 0.6 is 0 Å². The van der Waals surface area contributed by atoms with E-state index < -0.39 is 36.9 Å². The number of unbranched alkanes of at least 4 members (excludes halogenated alkanes) is 1. The fraction of sp³-hybridized carbons (Fsp3) is 0.556. The molecule has 0 amide bonds. The molecule has 0 aromatic heterocycles. The summed E-state index contributed by atoms with van der Waals surface area (Å²) >= 11 is 0. The number of hydrogen-bond donors (Lipinski definition) is 1. The van der Waals surface area contributed by atoms with E-state index in [1.54, 1.807) is 6.08 Å². The van der Waals surface area contributed by atoms with Gasteiger partial charge in [0.15, 0.2) is 12.6 Å². The van der Waals surface area contributed by atoms with E-state index in [9.17, 15) is 5.11 Å². The number of fused-ring (bicyclic) bond motifs is 1. The summed E-state index contributed by atoms with van der Waals surface area (Å²) in [7, 11) is 0. The Hall–Kier alpha value is -1.93. The molecule has 8 nitrogen and oxygen atoms in total. The maximum absolute atomic E-state index is 10.7. The SMILES string of the molecule is C=CCCCO[C@@H]1O[C@@H]2COC(c3ccccc3)O[C@H]2[C@H](O)[C@H]1N=[N+]=[N-]. The normalized spacial score (nSPS) is 33.7. The Morgan fingerprint density at radius 2 is 2.15 bits per heavy atom. The Labute approximate surface area is 151 Å². The average molecular weight is 361 g/mol. The highest BCUT2D eigenvalue weighted by molar-refractivity contribution is 5.16. The first kappa shape index (κ1) is 18.8. The molecular formula is C18H23N3O5. The zero-order valence-electron chi connectivity index (χ0n) is 14.4. The highest BCUT2D eigenvalue weighted by Crippen LogP contribution is 2.35. The largest absolute Gasteiger partial charge is 0.390 e. The standard InChI is InChI=1S/C18H23N3O5/c1-2-3-7-10-23-18-14(20-21-19)15(22)16-13(25-18)11-24-17(26-16)12-8-5-4-6-9-12/h2,4-6,8-9,13-18,22H,1,3,7,10-11H2/t13-,14-,15-,16-,17?,18-/m1/s1. The van der Waals surface area contributed by atoms with Crippen molar-refractivity contribution < 1.29 is 24.1 Å². The number of rotatable bonds is 7. The minimum Gasteiger partial charge on any atom is -0.390 e.